The zero-order valence-electron chi connectivity index (χ0n) is 12.8. The molecule has 3 aromatic rings. The first-order valence-corrected chi connectivity index (χ1v) is 7.23. The Morgan fingerprint density at radius 1 is 1.09 bits per heavy atom. The van der Waals surface area contributed by atoms with Crippen LogP contribution in [0.25, 0.3) is 11.0 Å². The molecule has 0 aliphatic carbocycles. The van der Waals surface area contributed by atoms with Gasteiger partial charge >= 0.3 is 0 Å². The van der Waals surface area contributed by atoms with Crippen LogP contribution in [0.2, 0.25) is 0 Å². The largest absolute Gasteiger partial charge is 0.346 e. The molecule has 0 aliphatic heterocycles. The molecule has 1 aromatic heterocycles. The van der Waals surface area contributed by atoms with Crippen LogP contribution in [0.15, 0.2) is 36.4 Å². The van der Waals surface area contributed by atoms with Crippen molar-refractivity contribution in [2.75, 3.05) is 0 Å². The Balaban J connectivity index is 1.82. The Morgan fingerprint density at radius 2 is 1.86 bits per heavy atom. The van der Waals surface area contributed by atoms with E-state index in [1.165, 1.54) is 11.1 Å². The van der Waals surface area contributed by atoms with Crippen LogP contribution in [0, 0.1) is 13.8 Å². The second kappa shape index (κ2) is 5.60. The first-order valence-electron chi connectivity index (χ1n) is 7.23. The molecule has 112 valence electrons. The summed E-state index contributed by atoms with van der Waals surface area (Å²) in [6, 6.07) is 11.5. The molecule has 3 rings (SSSR count). The maximum Gasteiger partial charge on any atom is 0.251 e. The molecule has 0 radical (unpaired) electrons. The third-order valence-corrected chi connectivity index (χ3v) is 3.83. The van der Waals surface area contributed by atoms with E-state index in [4.69, 9.17) is 0 Å². The minimum Gasteiger partial charge on any atom is -0.346 e. The number of aromatic nitrogens is 3. The SMILES string of the molecule is Cc1ccc(C)c(C(C)NC(=O)c2ccc3n[nH]nc3c2)c1. The van der Waals surface area contributed by atoms with E-state index in [-0.39, 0.29) is 11.9 Å². The van der Waals surface area contributed by atoms with Gasteiger partial charge in [0.05, 0.1) is 6.04 Å². The Hall–Kier alpha value is -2.69. The number of fused-ring (bicyclic) bond motifs is 1. The number of rotatable bonds is 3. The minimum absolute atomic E-state index is 0.0552. The van der Waals surface area contributed by atoms with Gasteiger partial charge in [0.25, 0.3) is 5.91 Å². The van der Waals surface area contributed by atoms with Gasteiger partial charge in [-0.2, -0.15) is 15.4 Å². The third kappa shape index (κ3) is 2.70. The number of nitrogens with zero attached hydrogens (tertiary/aromatic N) is 2. The van der Waals surface area contributed by atoms with Crippen molar-refractivity contribution in [2.45, 2.75) is 26.8 Å². The van der Waals surface area contributed by atoms with Gasteiger partial charge in [0.1, 0.15) is 11.0 Å². The summed E-state index contributed by atoms with van der Waals surface area (Å²) in [7, 11) is 0. The number of aromatic amines is 1. The first-order chi connectivity index (χ1) is 10.5. The van der Waals surface area contributed by atoms with E-state index in [1.54, 1.807) is 18.2 Å². The van der Waals surface area contributed by atoms with Gasteiger partial charge in [-0.25, -0.2) is 0 Å². The number of hydrogen-bond acceptors (Lipinski definition) is 3. The summed E-state index contributed by atoms with van der Waals surface area (Å²) in [5.74, 6) is -0.113. The summed E-state index contributed by atoms with van der Waals surface area (Å²) in [6.45, 7) is 6.10. The van der Waals surface area contributed by atoms with Crippen LogP contribution >= 0.6 is 0 Å². The lowest BCUT2D eigenvalue weighted by molar-refractivity contribution is 0.0940. The van der Waals surface area contributed by atoms with Crippen molar-refractivity contribution in [2.24, 2.45) is 0 Å². The van der Waals surface area contributed by atoms with Gasteiger partial charge in [-0.15, -0.1) is 0 Å². The van der Waals surface area contributed by atoms with Crippen molar-refractivity contribution >= 4 is 16.9 Å². The predicted molar refractivity (Wildman–Crippen MR) is 85.7 cm³/mol. The molecule has 2 N–H and O–H groups in total. The number of benzene rings is 2. The molecule has 1 heterocycles. The lowest BCUT2D eigenvalue weighted by atomic mass is 9.99. The molecule has 5 nitrogen and oxygen atoms in total. The monoisotopic (exact) mass is 294 g/mol. The molecule has 0 fully saturated rings. The molecule has 2 aromatic carbocycles. The topological polar surface area (TPSA) is 70.7 Å². The quantitative estimate of drug-likeness (QED) is 0.780. The molecule has 0 spiro atoms. The average molecular weight is 294 g/mol. The zero-order valence-corrected chi connectivity index (χ0v) is 12.8. The van der Waals surface area contributed by atoms with E-state index < -0.39 is 0 Å². The van der Waals surface area contributed by atoms with Crippen molar-refractivity contribution in [3.05, 3.63) is 58.7 Å². The number of H-pyrrole nitrogens is 1. The molecule has 1 unspecified atom stereocenters. The number of hydrogen-bond donors (Lipinski definition) is 2. The van der Waals surface area contributed by atoms with Gasteiger partial charge in [0.15, 0.2) is 0 Å². The average Bonchev–Trinajstić information content (AvgIpc) is 2.97. The smallest absolute Gasteiger partial charge is 0.251 e. The standard InChI is InChI=1S/C17H18N4O/c1-10-4-5-11(2)14(8-10)12(3)18-17(22)13-6-7-15-16(9-13)20-21-19-15/h4-9,12H,1-3H3,(H,18,22)(H,19,20,21). The Morgan fingerprint density at radius 3 is 2.68 bits per heavy atom. The molecular weight excluding hydrogens is 276 g/mol. The second-order valence-corrected chi connectivity index (χ2v) is 5.58. The Bertz CT molecular complexity index is 838. The number of aryl methyl sites for hydroxylation is 2. The van der Waals surface area contributed by atoms with Gasteiger partial charge in [-0.3, -0.25) is 4.79 Å². The molecule has 0 saturated heterocycles. The number of carbonyl (C=O) groups excluding carboxylic acids is 1. The number of carbonyl (C=O) groups is 1. The highest BCUT2D eigenvalue weighted by atomic mass is 16.1. The summed E-state index contributed by atoms with van der Waals surface area (Å²) < 4.78 is 0. The lowest BCUT2D eigenvalue weighted by Crippen LogP contribution is -2.27. The molecule has 0 aliphatic rings. The second-order valence-electron chi connectivity index (χ2n) is 5.58. The van der Waals surface area contributed by atoms with Crippen LogP contribution in [0.5, 0.6) is 0 Å². The third-order valence-electron chi connectivity index (χ3n) is 3.83. The van der Waals surface area contributed by atoms with Crippen molar-refractivity contribution in [3.8, 4) is 0 Å². The zero-order chi connectivity index (χ0) is 15.7. The van der Waals surface area contributed by atoms with E-state index in [0.717, 1.165) is 11.1 Å². The van der Waals surface area contributed by atoms with E-state index in [9.17, 15) is 4.79 Å². The van der Waals surface area contributed by atoms with Crippen LogP contribution in [-0.2, 0) is 0 Å². The maximum atomic E-state index is 12.4. The van der Waals surface area contributed by atoms with Crippen LogP contribution in [0.4, 0.5) is 0 Å². The molecule has 5 heteroatoms. The fourth-order valence-electron chi connectivity index (χ4n) is 2.57. The summed E-state index contributed by atoms with van der Waals surface area (Å²) >= 11 is 0. The molecule has 1 amide bonds. The van der Waals surface area contributed by atoms with E-state index in [1.807, 2.05) is 6.92 Å². The fraction of sp³-hybridized carbons (Fsp3) is 0.235. The Kier molecular flexibility index (Phi) is 3.63. The first kappa shape index (κ1) is 14.3. The molecule has 0 saturated carbocycles. The van der Waals surface area contributed by atoms with Gasteiger partial charge < -0.3 is 5.32 Å². The van der Waals surface area contributed by atoms with Gasteiger partial charge in [-0.1, -0.05) is 23.8 Å². The van der Waals surface area contributed by atoms with Gasteiger partial charge in [-0.05, 0) is 50.1 Å². The lowest BCUT2D eigenvalue weighted by Gasteiger charge is -2.17. The fourth-order valence-corrected chi connectivity index (χ4v) is 2.57. The number of amides is 1. The van der Waals surface area contributed by atoms with Crippen LogP contribution in [0.3, 0.4) is 0 Å². The predicted octanol–water partition coefficient (Wildman–Crippen LogP) is 3.07. The summed E-state index contributed by atoms with van der Waals surface area (Å²) in [6.07, 6.45) is 0. The Labute approximate surface area is 128 Å². The molecule has 1 atom stereocenters. The van der Waals surface area contributed by atoms with E-state index >= 15 is 0 Å². The number of nitrogens with one attached hydrogen (secondary N) is 2. The summed E-state index contributed by atoms with van der Waals surface area (Å²) in [5.41, 5.74) is 5.51. The van der Waals surface area contributed by atoms with Crippen molar-refractivity contribution in [1.82, 2.24) is 20.7 Å². The molecular formula is C17H18N4O. The maximum absolute atomic E-state index is 12.4. The highest BCUT2D eigenvalue weighted by Crippen LogP contribution is 2.20. The van der Waals surface area contributed by atoms with E-state index in [0.29, 0.717) is 11.1 Å². The van der Waals surface area contributed by atoms with Crippen LogP contribution in [-0.4, -0.2) is 21.3 Å². The molecule has 22 heavy (non-hydrogen) atoms. The highest BCUT2D eigenvalue weighted by molar-refractivity contribution is 5.97. The highest BCUT2D eigenvalue weighted by Gasteiger charge is 2.14. The van der Waals surface area contributed by atoms with Crippen molar-refractivity contribution in [1.29, 1.82) is 0 Å². The van der Waals surface area contributed by atoms with Crippen LogP contribution in [0.1, 0.15) is 40.0 Å². The molecule has 0 bridgehead atoms. The van der Waals surface area contributed by atoms with Crippen LogP contribution < -0.4 is 5.32 Å². The van der Waals surface area contributed by atoms with Gasteiger partial charge in [0, 0.05) is 5.56 Å². The summed E-state index contributed by atoms with van der Waals surface area (Å²) in [4.78, 5) is 12.4. The van der Waals surface area contributed by atoms with E-state index in [2.05, 4.69) is 52.8 Å². The summed E-state index contributed by atoms with van der Waals surface area (Å²) in [5, 5.41) is 13.6. The van der Waals surface area contributed by atoms with Crippen molar-refractivity contribution in [3.63, 3.8) is 0 Å². The normalized spacial score (nSPS) is 12.3. The minimum atomic E-state index is -0.113. The van der Waals surface area contributed by atoms with Gasteiger partial charge in [0.2, 0.25) is 0 Å². The van der Waals surface area contributed by atoms with Crippen molar-refractivity contribution < 1.29 is 4.79 Å².